The van der Waals surface area contributed by atoms with Gasteiger partial charge in [0.25, 0.3) is 0 Å². The minimum Gasteiger partial charge on any atom is -0.379 e. The molecule has 2 fully saturated rings. The standard InChI is InChI=1S/C6H13N.C5H11NO.C2H6/c1-7-5-3-2-4-6-7;1-6-2-4-7-5-3-6;1-2/h2-6H2,1H3;2-5H2,1H3;1-2H3. The minimum atomic E-state index is 0.913. The first-order valence-corrected chi connectivity index (χ1v) is 6.74. The number of nitrogens with zero attached hydrogens (tertiary/aromatic N) is 2. The molecule has 0 unspecified atom stereocenters. The van der Waals surface area contributed by atoms with Crippen molar-refractivity contribution < 1.29 is 4.74 Å². The van der Waals surface area contributed by atoms with E-state index in [-0.39, 0.29) is 0 Å². The van der Waals surface area contributed by atoms with E-state index < -0.39 is 0 Å². The highest BCUT2D eigenvalue weighted by molar-refractivity contribution is 4.58. The summed E-state index contributed by atoms with van der Waals surface area (Å²) in [5.74, 6) is 0. The van der Waals surface area contributed by atoms with Crippen LogP contribution in [0.15, 0.2) is 0 Å². The fourth-order valence-electron chi connectivity index (χ4n) is 1.71. The molecule has 0 bridgehead atoms. The molecule has 2 aliphatic rings. The quantitative estimate of drug-likeness (QED) is 0.634. The van der Waals surface area contributed by atoms with E-state index in [9.17, 15) is 0 Å². The Kier molecular flexibility index (Phi) is 11.3. The zero-order valence-electron chi connectivity index (χ0n) is 11.7. The monoisotopic (exact) mass is 230 g/mol. The maximum Gasteiger partial charge on any atom is 0.0594 e. The van der Waals surface area contributed by atoms with E-state index in [1.54, 1.807) is 0 Å². The second kappa shape index (κ2) is 11.4. The zero-order chi connectivity index (χ0) is 12.2. The van der Waals surface area contributed by atoms with Gasteiger partial charge in [-0.15, -0.1) is 0 Å². The lowest BCUT2D eigenvalue weighted by molar-refractivity contribution is 0.0503. The smallest absolute Gasteiger partial charge is 0.0594 e. The first-order valence-electron chi connectivity index (χ1n) is 6.74. The molecule has 0 aromatic carbocycles. The van der Waals surface area contributed by atoms with Crippen molar-refractivity contribution in [3.05, 3.63) is 0 Å². The summed E-state index contributed by atoms with van der Waals surface area (Å²) < 4.78 is 5.10. The van der Waals surface area contributed by atoms with Crippen LogP contribution in [0.25, 0.3) is 0 Å². The molecule has 2 heterocycles. The third-order valence-electron chi connectivity index (χ3n) is 2.81. The number of hydrogen-bond donors (Lipinski definition) is 0. The molecule has 0 N–H and O–H groups in total. The van der Waals surface area contributed by atoms with Crippen LogP contribution in [0.5, 0.6) is 0 Å². The molecule has 0 aliphatic carbocycles. The molecule has 0 spiro atoms. The molecule has 0 aromatic rings. The van der Waals surface area contributed by atoms with Gasteiger partial charge in [-0.05, 0) is 40.0 Å². The lowest BCUT2D eigenvalue weighted by Crippen LogP contribution is -2.32. The van der Waals surface area contributed by atoms with Gasteiger partial charge in [0, 0.05) is 13.1 Å². The fourth-order valence-corrected chi connectivity index (χ4v) is 1.71. The van der Waals surface area contributed by atoms with E-state index in [1.807, 2.05) is 13.8 Å². The van der Waals surface area contributed by atoms with Crippen molar-refractivity contribution in [1.29, 1.82) is 0 Å². The van der Waals surface area contributed by atoms with Gasteiger partial charge in [-0.2, -0.15) is 0 Å². The first kappa shape index (κ1) is 15.9. The number of rotatable bonds is 0. The lowest BCUT2D eigenvalue weighted by atomic mass is 10.1. The third-order valence-corrected chi connectivity index (χ3v) is 2.81. The summed E-state index contributed by atoms with van der Waals surface area (Å²) in [5, 5.41) is 0. The molecule has 0 radical (unpaired) electrons. The molecule has 0 amide bonds. The van der Waals surface area contributed by atoms with E-state index in [1.165, 1.54) is 32.4 Å². The van der Waals surface area contributed by atoms with Gasteiger partial charge in [0.1, 0.15) is 0 Å². The Balaban J connectivity index is 0.000000244. The molecule has 3 heteroatoms. The van der Waals surface area contributed by atoms with Gasteiger partial charge in [0.15, 0.2) is 0 Å². The molecule has 16 heavy (non-hydrogen) atoms. The molecule has 2 rings (SSSR count). The van der Waals surface area contributed by atoms with Crippen LogP contribution in [0.2, 0.25) is 0 Å². The summed E-state index contributed by atoms with van der Waals surface area (Å²) in [6.07, 6.45) is 4.28. The minimum absolute atomic E-state index is 0.913. The van der Waals surface area contributed by atoms with Gasteiger partial charge in [-0.1, -0.05) is 20.3 Å². The first-order chi connectivity index (χ1) is 7.79. The summed E-state index contributed by atoms with van der Waals surface area (Å²) in [6.45, 7) is 10.7. The molecule has 0 atom stereocenters. The van der Waals surface area contributed by atoms with E-state index in [0.29, 0.717) is 0 Å². The van der Waals surface area contributed by atoms with Crippen LogP contribution in [0.3, 0.4) is 0 Å². The maximum absolute atomic E-state index is 5.10. The van der Waals surface area contributed by atoms with Crippen molar-refractivity contribution in [2.75, 3.05) is 53.5 Å². The van der Waals surface area contributed by atoms with Crippen LogP contribution in [0, 0.1) is 0 Å². The Labute approximate surface area is 102 Å². The molecule has 3 nitrogen and oxygen atoms in total. The number of likely N-dealkylation sites (tertiary alicyclic amines) is 1. The van der Waals surface area contributed by atoms with Crippen LogP contribution in [0.4, 0.5) is 0 Å². The molecule has 2 saturated heterocycles. The SMILES string of the molecule is CC.CN1CCCCC1.CN1CCOCC1. The van der Waals surface area contributed by atoms with Crippen LogP contribution in [0.1, 0.15) is 33.1 Å². The van der Waals surface area contributed by atoms with Crippen molar-refractivity contribution in [3.8, 4) is 0 Å². The summed E-state index contributed by atoms with van der Waals surface area (Å²) in [4.78, 5) is 4.66. The average molecular weight is 230 g/mol. The lowest BCUT2D eigenvalue weighted by Gasteiger charge is -2.21. The third kappa shape index (κ3) is 9.13. The molecular formula is C13H30N2O. The number of morpholine rings is 1. The highest BCUT2D eigenvalue weighted by Gasteiger charge is 2.02. The summed E-state index contributed by atoms with van der Waals surface area (Å²) in [6, 6.07) is 0. The van der Waals surface area contributed by atoms with Gasteiger partial charge >= 0.3 is 0 Å². The number of hydrogen-bond acceptors (Lipinski definition) is 3. The fraction of sp³-hybridized carbons (Fsp3) is 1.00. The van der Waals surface area contributed by atoms with Crippen molar-refractivity contribution >= 4 is 0 Å². The van der Waals surface area contributed by atoms with Gasteiger partial charge < -0.3 is 14.5 Å². The Morgan fingerprint density at radius 2 is 1.12 bits per heavy atom. The predicted molar refractivity (Wildman–Crippen MR) is 71.0 cm³/mol. The maximum atomic E-state index is 5.10. The Hall–Kier alpha value is -0.120. The van der Waals surface area contributed by atoms with Gasteiger partial charge in [0.05, 0.1) is 13.2 Å². The Morgan fingerprint density at radius 1 is 0.688 bits per heavy atom. The predicted octanol–water partition coefficient (Wildman–Crippen LogP) is 2.08. The van der Waals surface area contributed by atoms with Gasteiger partial charge in [-0.25, -0.2) is 0 Å². The largest absolute Gasteiger partial charge is 0.379 e. The summed E-state index contributed by atoms with van der Waals surface area (Å²) >= 11 is 0. The van der Waals surface area contributed by atoms with Crippen molar-refractivity contribution in [2.45, 2.75) is 33.1 Å². The average Bonchev–Trinajstić information content (AvgIpc) is 2.34. The summed E-state index contributed by atoms with van der Waals surface area (Å²) in [7, 11) is 4.31. The molecular weight excluding hydrogens is 200 g/mol. The van der Waals surface area contributed by atoms with E-state index >= 15 is 0 Å². The van der Waals surface area contributed by atoms with E-state index in [4.69, 9.17) is 4.74 Å². The number of ether oxygens (including phenoxy) is 1. The molecule has 2 aliphatic heterocycles. The Bertz CT molecular complexity index is 114. The van der Waals surface area contributed by atoms with Crippen molar-refractivity contribution in [3.63, 3.8) is 0 Å². The zero-order valence-corrected chi connectivity index (χ0v) is 11.7. The van der Waals surface area contributed by atoms with Crippen LogP contribution in [-0.4, -0.2) is 63.3 Å². The number of piperidine rings is 1. The highest BCUT2D eigenvalue weighted by Crippen LogP contribution is 2.04. The molecule has 98 valence electrons. The summed E-state index contributed by atoms with van der Waals surface area (Å²) in [5.41, 5.74) is 0. The highest BCUT2D eigenvalue weighted by atomic mass is 16.5. The topological polar surface area (TPSA) is 15.7 Å². The van der Waals surface area contributed by atoms with Crippen molar-refractivity contribution in [1.82, 2.24) is 9.80 Å². The van der Waals surface area contributed by atoms with Crippen LogP contribution in [-0.2, 0) is 4.74 Å². The second-order valence-corrected chi connectivity index (χ2v) is 4.28. The van der Waals surface area contributed by atoms with Crippen LogP contribution >= 0.6 is 0 Å². The molecule has 0 saturated carbocycles. The second-order valence-electron chi connectivity index (χ2n) is 4.28. The van der Waals surface area contributed by atoms with Crippen LogP contribution < -0.4 is 0 Å². The van der Waals surface area contributed by atoms with Crippen molar-refractivity contribution in [2.24, 2.45) is 0 Å². The molecule has 0 aromatic heterocycles. The van der Waals surface area contributed by atoms with Gasteiger partial charge in [0.2, 0.25) is 0 Å². The van der Waals surface area contributed by atoms with E-state index in [2.05, 4.69) is 23.9 Å². The van der Waals surface area contributed by atoms with E-state index in [0.717, 1.165) is 26.3 Å². The normalized spacial score (nSPS) is 22.5. The number of likely N-dealkylation sites (N-methyl/N-ethyl adjacent to an activating group) is 1. The van der Waals surface area contributed by atoms with Gasteiger partial charge in [-0.3, -0.25) is 0 Å². The Morgan fingerprint density at radius 3 is 1.38 bits per heavy atom.